The van der Waals surface area contributed by atoms with Crippen molar-refractivity contribution in [3.05, 3.63) is 41.5 Å². The third-order valence-corrected chi connectivity index (χ3v) is 5.31. The predicted octanol–water partition coefficient (Wildman–Crippen LogP) is 5.10. The summed E-state index contributed by atoms with van der Waals surface area (Å²) in [6.07, 6.45) is -2.11. The molecule has 1 aliphatic rings. The van der Waals surface area contributed by atoms with Crippen LogP contribution in [-0.4, -0.2) is 24.9 Å². The van der Waals surface area contributed by atoms with Crippen LogP contribution in [0.2, 0.25) is 0 Å². The zero-order valence-electron chi connectivity index (χ0n) is 15.3. The minimum atomic E-state index is -4.37. The number of nitrogens with zero attached hydrogens (tertiary/aromatic N) is 5. The molecule has 0 amide bonds. The molecule has 28 heavy (non-hydrogen) atoms. The molecule has 0 unspecified atom stereocenters. The standard InChI is InChI=1S/C18H18F3N5OS/c1-10(2)16-23-24-17(26(16)13-7-8-13)28-9-14-22-15(25-27-14)11-3-5-12(6-4-11)18(19,20)21/h3-6,10,13H,7-9H2,1-2H3. The summed E-state index contributed by atoms with van der Waals surface area (Å²) < 4.78 is 45.4. The van der Waals surface area contributed by atoms with Crippen LogP contribution < -0.4 is 0 Å². The molecule has 2 heterocycles. The maximum atomic E-state index is 12.7. The van der Waals surface area contributed by atoms with E-state index in [1.807, 2.05) is 0 Å². The Morgan fingerprint density at radius 1 is 1.18 bits per heavy atom. The van der Waals surface area contributed by atoms with Crippen molar-refractivity contribution in [3.63, 3.8) is 0 Å². The second kappa shape index (κ2) is 7.23. The van der Waals surface area contributed by atoms with Crippen LogP contribution in [0.5, 0.6) is 0 Å². The minimum Gasteiger partial charge on any atom is -0.338 e. The highest BCUT2D eigenvalue weighted by molar-refractivity contribution is 7.98. The third kappa shape index (κ3) is 3.91. The summed E-state index contributed by atoms with van der Waals surface area (Å²) in [6, 6.07) is 5.14. The summed E-state index contributed by atoms with van der Waals surface area (Å²) in [7, 11) is 0. The lowest BCUT2D eigenvalue weighted by Gasteiger charge is -2.09. The van der Waals surface area contributed by atoms with E-state index in [2.05, 4.69) is 38.8 Å². The Morgan fingerprint density at radius 2 is 1.89 bits per heavy atom. The van der Waals surface area contributed by atoms with Gasteiger partial charge in [-0.2, -0.15) is 18.2 Å². The topological polar surface area (TPSA) is 69.6 Å². The van der Waals surface area contributed by atoms with Crippen molar-refractivity contribution in [2.75, 3.05) is 0 Å². The van der Waals surface area contributed by atoms with E-state index in [0.717, 1.165) is 36.0 Å². The second-order valence-corrected chi connectivity index (χ2v) is 7.91. The highest BCUT2D eigenvalue weighted by Crippen LogP contribution is 2.40. The largest absolute Gasteiger partial charge is 0.416 e. The first kappa shape index (κ1) is 19.0. The van der Waals surface area contributed by atoms with Crippen molar-refractivity contribution in [1.29, 1.82) is 0 Å². The number of benzene rings is 1. The number of alkyl halides is 3. The summed E-state index contributed by atoms with van der Waals surface area (Å²) in [5.74, 6) is 2.32. The normalized spacial score (nSPS) is 14.8. The molecular formula is C18H18F3N5OS. The lowest BCUT2D eigenvalue weighted by molar-refractivity contribution is -0.137. The van der Waals surface area contributed by atoms with Gasteiger partial charge in [0.25, 0.3) is 0 Å². The van der Waals surface area contributed by atoms with Gasteiger partial charge in [0.2, 0.25) is 11.7 Å². The fourth-order valence-corrected chi connectivity index (χ4v) is 3.67. The molecule has 0 bridgehead atoms. The third-order valence-electron chi connectivity index (χ3n) is 4.38. The van der Waals surface area contributed by atoms with E-state index >= 15 is 0 Å². The van der Waals surface area contributed by atoms with Crippen molar-refractivity contribution in [1.82, 2.24) is 24.9 Å². The molecule has 0 atom stereocenters. The number of hydrogen-bond acceptors (Lipinski definition) is 6. The summed E-state index contributed by atoms with van der Waals surface area (Å²) >= 11 is 1.47. The summed E-state index contributed by atoms with van der Waals surface area (Å²) in [6.45, 7) is 4.18. The molecule has 0 N–H and O–H groups in total. The van der Waals surface area contributed by atoms with Crippen LogP contribution in [0.4, 0.5) is 13.2 Å². The molecule has 0 aliphatic heterocycles. The average Bonchev–Trinajstić information content (AvgIpc) is 3.22. The fourth-order valence-electron chi connectivity index (χ4n) is 2.82. The van der Waals surface area contributed by atoms with Gasteiger partial charge in [-0.15, -0.1) is 10.2 Å². The molecule has 4 rings (SSSR count). The van der Waals surface area contributed by atoms with E-state index in [4.69, 9.17) is 4.52 Å². The van der Waals surface area contributed by atoms with Crippen molar-refractivity contribution in [3.8, 4) is 11.4 Å². The van der Waals surface area contributed by atoms with E-state index in [1.54, 1.807) is 0 Å². The van der Waals surface area contributed by atoms with Crippen LogP contribution in [-0.2, 0) is 11.9 Å². The van der Waals surface area contributed by atoms with E-state index in [9.17, 15) is 13.2 Å². The number of thioether (sulfide) groups is 1. The molecule has 0 spiro atoms. The van der Waals surface area contributed by atoms with Gasteiger partial charge in [-0.1, -0.05) is 42.9 Å². The molecule has 10 heteroatoms. The van der Waals surface area contributed by atoms with Crippen LogP contribution in [0.1, 0.15) is 55.9 Å². The van der Waals surface area contributed by atoms with Crippen LogP contribution >= 0.6 is 11.8 Å². The van der Waals surface area contributed by atoms with Gasteiger partial charge in [-0.3, -0.25) is 0 Å². The van der Waals surface area contributed by atoms with E-state index in [-0.39, 0.29) is 11.7 Å². The Labute approximate surface area is 163 Å². The average molecular weight is 409 g/mol. The molecule has 1 aliphatic carbocycles. The molecule has 1 fully saturated rings. The Hall–Kier alpha value is -2.36. The Bertz CT molecular complexity index is 961. The highest BCUT2D eigenvalue weighted by Gasteiger charge is 2.31. The quantitative estimate of drug-likeness (QED) is 0.528. The van der Waals surface area contributed by atoms with Crippen LogP contribution in [0.3, 0.4) is 0 Å². The number of rotatable bonds is 6. The van der Waals surface area contributed by atoms with Crippen molar-refractivity contribution < 1.29 is 17.7 Å². The van der Waals surface area contributed by atoms with Gasteiger partial charge in [-0.05, 0) is 25.0 Å². The van der Waals surface area contributed by atoms with Gasteiger partial charge in [-0.25, -0.2) is 0 Å². The Kier molecular flexibility index (Phi) is 4.90. The molecular weight excluding hydrogens is 391 g/mol. The monoisotopic (exact) mass is 409 g/mol. The molecule has 1 saturated carbocycles. The number of hydrogen-bond donors (Lipinski definition) is 0. The van der Waals surface area contributed by atoms with Crippen LogP contribution in [0, 0.1) is 0 Å². The van der Waals surface area contributed by atoms with Gasteiger partial charge in [0, 0.05) is 17.5 Å². The van der Waals surface area contributed by atoms with Gasteiger partial charge in [0.1, 0.15) is 5.82 Å². The lowest BCUT2D eigenvalue weighted by atomic mass is 10.1. The minimum absolute atomic E-state index is 0.260. The molecule has 0 saturated heterocycles. The smallest absolute Gasteiger partial charge is 0.338 e. The molecule has 0 radical (unpaired) electrons. The maximum Gasteiger partial charge on any atom is 0.416 e. The van der Waals surface area contributed by atoms with Gasteiger partial charge in [0.05, 0.1) is 11.3 Å². The SMILES string of the molecule is CC(C)c1nnc(SCc2nc(-c3ccc(C(F)(F)F)cc3)no2)n1C1CC1. The summed E-state index contributed by atoms with van der Waals surface area (Å²) in [5.41, 5.74) is -0.243. The number of halogens is 3. The Morgan fingerprint density at radius 3 is 2.50 bits per heavy atom. The van der Waals surface area contributed by atoms with E-state index in [1.165, 1.54) is 23.9 Å². The van der Waals surface area contributed by atoms with Crippen LogP contribution in [0.15, 0.2) is 33.9 Å². The fraction of sp³-hybridized carbons (Fsp3) is 0.444. The number of aromatic nitrogens is 5. The first-order valence-corrected chi connectivity index (χ1v) is 9.89. The van der Waals surface area contributed by atoms with Crippen molar-refractivity contribution in [2.45, 2.75) is 55.7 Å². The maximum absolute atomic E-state index is 12.7. The molecule has 2 aromatic heterocycles. The second-order valence-electron chi connectivity index (χ2n) is 6.97. The van der Waals surface area contributed by atoms with Gasteiger partial charge < -0.3 is 9.09 Å². The molecule has 3 aromatic rings. The first-order chi connectivity index (χ1) is 13.3. The van der Waals surface area contributed by atoms with Crippen molar-refractivity contribution in [2.24, 2.45) is 0 Å². The molecule has 1 aromatic carbocycles. The first-order valence-electron chi connectivity index (χ1n) is 8.90. The van der Waals surface area contributed by atoms with Crippen LogP contribution in [0.25, 0.3) is 11.4 Å². The van der Waals surface area contributed by atoms with Gasteiger partial charge in [0.15, 0.2) is 5.16 Å². The molecule has 6 nitrogen and oxygen atoms in total. The van der Waals surface area contributed by atoms with E-state index in [0.29, 0.717) is 23.2 Å². The predicted molar refractivity (Wildman–Crippen MR) is 96.7 cm³/mol. The zero-order valence-corrected chi connectivity index (χ0v) is 16.1. The molecule has 148 valence electrons. The zero-order chi connectivity index (χ0) is 19.9. The Balaban J connectivity index is 1.46. The van der Waals surface area contributed by atoms with Crippen molar-refractivity contribution >= 4 is 11.8 Å². The summed E-state index contributed by atoms with van der Waals surface area (Å²) in [5, 5.41) is 13.3. The van der Waals surface area contributed by atoms with E-state index < -0.39 is 11.7 Å². The van der Waals surface area contributed by atoms with Gasteiger partial charge >= 0.3 is 6.18 Å². The lowest BCUT2D eigenvalue weighted by Crippen LogP contribution is -2.04. The highest BCUT2D eigenvalue weighted by atomic mass is 32.2. The summed E-state index contributed by atoms with van der Waals surface area (Å²) in [4.78, 5) is 4.28.